The van der Waals surface area contributed by atoms with Crippen LogP contribution in [0.1, 0.15) is 51.4 Å². The first-order chi connectivity index (χ1) is 15.6. The van der Waals surface area contributed by atoms with E-state index in [9.17, 15) is 22.6 Å². The number of aromatic carboxylic acids is 1. The van der Waals surface area contributed by atoms with E-state index in [0.717, 1.165) is 4.68 Å². The van der Waals surface area contributed by atoms with E-state index in [1.54, 1.807) is 25.1 Å². The molecule has 1 amide bonds. The Morgan fingerprint density at radius 1 is 1.18 bits per heavy atom. The van der Waals surface area contributed by atoms with Gasteiger partial charge in [0.2, 0.25) is 5.88 Å². The summed E-state index contributed by atoms with van der Waals surface area (Å²) < 4.78 is 45.8. The van der Waals surface area contributed by atoms with Crippen LogP contribution in [0.15, 0.2) is 53.4 Å². The van der Waals surface area contributed by atoms with E-state index in [1.807, 2.05) is 0 Å². The minimum atomic E-state index is -3.03. The molecule has 2 atom stereocenters. The van der Waals surface area contributed by atoms with E-state index in [-0.39, 0.29) is 17.2 Å². The molecule has 0 saturated carbocycles. The Balaban J connectivity index is 1.92. The minimum absolute atomic E-state index is 0.0791. The van der Waals surface area contributed by atoms with E-state index < -0.39 is 46.4 Å². The van der Waals surface area contributed by atoms with Crippen molar-refractivity contribution in [2.45, 2.75) is 24.3 Å². The van der Waals surface area contributed by atoms with E-state index in [4.69, 9.17) is 9.84 Å². The van der Waals surface area contributed by atoms with Gasteiger partial charge < -0.3 is 15.2 Å². The van der Waals surface area contributed by atoms with Gasteiger partial charge in [0, 0.05) is 29.0 Å². The monoisotopic (exact) mass is 477 g/mol. The van der Waals surface area contributed by atoms with E-state index in [0.29, 0.717) is 10.5 Å². The highest BCUT2D eigenvalue weighted by Crippen LogP contribution is 2.33. The summed E-state index contributed by atoms with van der Waals surface area (Å²) >= 11 is 0. The molecule has 0 fully saturated rings. The Bertz CT molecular complexity index is 1210. The van der Waals surface area contributed by atoms with Crippen LogP contribution in [0.5, 0.6) is 11.6 Å². The molecule has 1 unspecified atom stereocenters. The number of nitrogens with one attached hydrogen (secondary N) is 1. The lowest BCUT2D eigenvalue weighted by Crippen LogP contribution is -2.27. The van der Waals surface area contributed by atoms with Gasteiger partial charge >= 0.3 is 5.97 Å². The van der Waals surface area contributed by atoms with Crippen molar-refractivity contribution in [2.75, 3.05) is 6.26 Å². The maximum absolute atomic E-state index is 13.7. The number of amides is 1. The summed E-state index contributed by atoms with van der Waals surface area (Å²) in [6.45, 7) is 1.63. The van der Waals surface area contributed by atoms with Crippen LogP contribution >= 0.6 is 0 Å². The van der Waals surface area contributed by atoms with Crippen LogP contribution < -0.4 is 10.1 Å². The molecular weight excluding hydrogens is 456 g/mol. The quantitative estimate of drug-likeness (QED) is 0.506. The summed E-state index contributed by atoms with van der Waals surface area (Å²) in [6, 6.07) is 11.5. The molecule has 0 spiro atoms. The summed E-state index contributed by atoms with van der Waals surface area (Å²) in [4.78, 5) is 24.5. The summed E-state index contributed by atoms with van der Waals surface area (Å²) in [5.74, 6) is -1.92. The van der Waals surface area contributed by atoms with Gasteiger partial charge in [0.1, 0.15) is 17.0 Å². The zero-order valence-electron chi connectivity index (χ0n) is 17.9. The topological polar surface area (TPSA) is 111 Å². The normalized spacial score (nSPS) is 12.9. The van der Waals surface area contributed by atoms with E-state index in [2.05, 4.69) is 10.4 Å². The predicted molar refractivity (Wildman–Crippen MR) is 116 cm³/mol. The molecule has 8 nitrogen and oxygen atoms in total. The van der Waals surface area contributed by atoms with Crippen molar-refractivity contribution >= 4 is 22.7 Å². The van der Waals surface area contributed by atoms with Crippen LogP contribution in [0.4, 0.5) is 8.78 Å². The maximum atomic E-state index is 13.7. The number of ether oxygens (including phenoxy) is 1. The molecule has 0 aliphatic carbocycles. The van der Waals surface area contributed by atoms with Crippen molar-refractivity contribution in [3.8, 4) is 11.6 Å². The zero-order valence-corrected chi connectivity index (χ0v) is 18.7. The molecule has 11 heteroatoms. The third kappa shape index (κ3) is 5.43. The second-order valence-electron chi connectivity index (χ2n) is 7.14. The number of carbonyl (C=O) groups is 2. The molecule has 0 radical (unpaired) electrons. The molecule has 33 heavy (non-hydrogen) atoms. The lowest BCUT2D eigenvalue weighted by atomic mass is 10.1. The summed E-state index contributed by atoms with van der Waals surface area (Å²) in [5, 5.41) is 15.4. The fourth-order valence-corrected chi connectivity index (χ4v) is 3.66. The first kappa shape index (κ1) is 24.1. The van der Waals surface area contributed by atoms with Gasteiger partial charge in [-0.05, 0) is 42.8 Å². The van der Waals surface area contributed by atoms with Gasteiger partial charge in [-0.2, -0.15) is 5.10 Å². The molecule has 2 N–H and O–H groups in total. The van der Waals surface area contributed by atoms with Gasteiger partial charge in [0.25, 0.3) is 12.3 Å². The van der Waals surface area contributed by atoms with E-state index in [1.165, 1.54) is 43.6 Å². The Morgan fingerprint density at radius 2 is 1.85 bits per heavy atom. The number of halogens is 2. The van der Waals surface area contributed by atoms with Crippen LogP contribution in [0.25, 0.3) is 0 Å². The first-order valence-corrected chi connectivity index (χ1v) is 11.2. The number of hydrogen-bond acceptors (Lipinski definition) is 5. The highest BCUT2D eigenvalue weighted by Gasteiger charge is 2.30. The molecule has 0 saturated heterocycles. The van der Waals surface area contributed by atoms with E-state index >= 15 is 0 Å². The number of aromatic nitrogens is 2. The Morgan fingerprint density at radius 3 is 2.42 bits per heavy atom. The van der Waals surface area contributed by atoms with Gasteiger partial charge in [-0.25, -0.2) is 18.3 Å². The van der Waals surface area contributed by atoms with Crippen molar-refractivity contribution in [2.24, 2.45) is 7.05 Å². The second kappa shape index (κ2) is 9.90. The summed E-state index contributed by atoms with van der Waals surface area (Å²) in [6.07, 6.45) is -1.55. The largest absolute Gasteiger partial charge is 0.478 e. The van der Waals surface area contributed by atoms with Crippen molar-refractivity contribution in [1.82, 2.24) is 15.1 Å². The SMILES string of the molecule is C[C@H](NC(=O)c1c(C(F)F)nn(C)c1Oc1cccc(S(C)=O)c1)c1ccc(C(=O)O)cc1. The molecular formula is C22H21F2N3O5S. The molecule has 3 aromatic rings. The predicted octanol–water partition coefficient (Wildman–Crippen LogP) is 4.08. The average Bonchev–Trinajstić information content (AvgIpc) is 3.10. The number of hydrogen-bond donors (Lipinski definition) is 2. The Labute approximate surface area is 190 Å². The lowest BCUT2D eigenvalue weighted by Gasteiger charge is -2.16. The smallest absolute Gasteiger partial charge is 0.335 e. The van der Waals surface area contributed by atoms with Crippen LogP contribution in [-0.4, -0.2) is 37.2 Å². The van der Waals surface area contributed by atoms with Crippen LogP contribution in [0, 0.1) is 0 Å². The number of carbonyl (C=O) groups excluding carboxylic acids is 1. The van der Waals surface area contributed by atoms with Crippen molar-refractivity contribution < 1.29 is 32.4 Å². The number of benzene rings is 2. The Hall–Kier alpha value is -3.60. The average molecular weight is 477 g/mol. The highest BCUT2D eigenvalue weighted by atomic mass is 32.2. The maximum Gasteiger partial charge on any atom is 0.335 e. The number of rotatable bonds is 8. The lowest BCUT2D eigenvalue weighted by molar-refractivity contribution is 0.0696. The third-order valence-electron chi connectivity index (χ3n) is 4.81. The summed E-state index contributed by atoms with van der Waals surface area (Å²) in [5.41, 5.74) is -0.509. The zero-order chi connectivity index (χ0) is 24.3. The highest BCUT2D eigenvalue weighted by molar-refractivity contribution is 7.84. The number of nitrogens with zero attached hydrogens (tertiary/aromatic N) is 2. The molecule has 0 bridgehead atoms. The van der Waals surface area contributed by atoms with Crippen LogP contribution in [0.3, 0.4) is 0 Å². The van der Waals surface area contributed by atoms with Gasteiger partial charge in [-0.1, -0.05) is 18.2 Å². The second-order valence-corrected chi connectivity index (χ2v) is 8.52. The molecule has 1 aromatic heterocycles. The number of carboxylic acid groups (broad SMARTS) is 1. The first-order valence-electron chi connectivity index (χ1n) is 9.69. The minimum Gasteiger partial charge on any atom is -0.478 e. The van der Waals surface area contributed by atoms with Crippen molar-refractivity contribution in [3.05, 3.63) is 70.9 Å². The van der Waals surface area contributed by atoms with Crippen molar-refractivity contribution in [1.29, 1.82) is 0 Å². The molecule has 2 aromatic carbocycles. The number of alkyl halides is 2. The van der Waals surface area contributed by atoms with Crippen molar-refractivity contribution in [3.63, 3.8) is 0 Å². The standard InChI is InChI=1S/C22H21F2N3O5S/c1-12(13-7-9-14(10-8-13)22(29)30)25-20(28)17-18(19(23)24)26-27(2)21(17)32-15-5-4-6-16(11-15)33(3)31/h4-12,19H,1-3H3,(H,25,28)(H,29,30)/t12-,33?/m0/s1. The molecule has 1 heterocycles. The van der Waals surface area contributed by atoms with Crippen LogP contribution in [-0.2, 0) is 17.8 Å². The van der Waals surface area contributed by atoms with Gasteiger partial charge in [-0.3, -0.25) is 9.00 Å². The van der Waals surface area contributed by atoms with Gasteiger partial charge in [-0.15, -0.1) is 0 Å². The molecule has 0 aliphatic heterocycles. The fourth-order valence-electron chi connectivity index (χ4n) is 3.11. The molecule has 0 aliphatic rings. The van der Waals surface area contributed by atoms with Gasteiger partial charge in [0.05, 0.1) is 11.6 Å². The summed E-state index contributed by atoms with van der Waals surface area (Å²) in [7, 11) is 0.0779. The third-order valence-corrected chi connectivity index (χ3v) is 5.73. The Kier molecular flexibility index (Phi) is 7.22. The van der Waals surface area contributed by atoms with Gasteiger partial charge in [0.15, 0.2) is 0 Å². The fraction of sp³-hybridized carbons (Fsp3) is 0.227. The number of carboxylic acids is 1. The molecule has 174 valence electrons. The number of aryl methyl sites for hydroxylation is 1. The molecule has 3 rings (SSSR count). The van der Waals surface area contributed by atoms with Crippen LogP contribution in [0.2, 0.25) is 0 Å².